The highest BCUT2D eigenvalue weighted by molar-refractivity contribution is 6.06. The number of hydrogen-bond donors (Lipinski definition) is 2. The molecule has 1 amide bonds. The highest BCUT2D eigenvalue weighted by Crippen LogP contribution is 2.31. The Morgan fingerprint density at radius 2 is 1.83 bits per heavy atom. The van der Waals surface area contributed by atoms with Gasteiger partial charge in [0.2, 0.25) is 0 Å². The van der Waals surface area contributed by atoms with E-state index in [1.807, 2.05) is 30.3 Å². The van der Waals surface area contributed by atoms with Gasteiger partial charge in [0.05, 0.1) is 6.54 Å². The third kappa shape index (κ3) is 3.78. The van der Waals surface area contributed by atoms with Crippen LogP contribution in [0.15, 0.2) is 59.4 Å². The molecule has 0 atom stereocenters. The fourth-order valence-electron chi connectivity index (χ4n) is 3.85. The molecule has 29 heavy (non-hydrogen) atoms. The summed E-state index contributed by atoms with van der Waals surface area (Å²) in [6, 6.07) is 14.9. The van der Waals surface area contributed by atoms with E-state index in [4.69, 9.17) is 0 Å². The minimum absolute atomic E-state index is 0.223. The average Bonchev–Trinajstić information content (AvgIpc) is 2.72. The minimum Gasteiger partial charge on any atom is -0.507 e. The smallest absolute Gasteiger partial charge is 0.267 e. The molecule has 1 aromatic heterocycles. The first kappa shape index (κ1) is 18.9. The monoisotopic (exact) mass is 392 g/mol. The molecular formula is C23H21FN2O3. The predicted octanol–water partition coefficient (Wildman–Crippen LogP) is 3.87. The normalized spacial score (nSPS) is 13.0. The van der Waals surface area contributed by atoms with E-state index >= 15 is 0 Å². The molecule has 2 N–H and O–H groups in total. The van der Waals surface area contributed by atoms with E-state index in [2.05, 4.69) is 5.32 Å². The van der Waals surface area contributed by atoms with Crippen LogP contribution >= 0.6 is 0 Å². The second kappa shape index (κ2) is 7.91. The number of hydrogen-bond acceptors (Lipinski definition) is 3. The van der Waals surface area contributed by atoms with Crippen LogP contribution in [0.5, 0.6) is 5.75 Å². The Morgan fingerprint density at radius 3 is 2.59 bits per heavy atom. The SMILES string of the molecule is O=C(Nc1cccc(F)c1)c1c(O)c2c(n(Cc3ccccc3)c1=O)CCCC2. The van der Waals surface area contributed by atoms with Crippen molar-refractivity contribution < 1.29 is 14.3 Å². The number of fused-ring (bicyclic) bond motifs is 1. The molecule has 1 aliphatic carbocycles. The number of aromatic hydroxyl groups is 1. The Labute approximate surface area is 167 Å². The zero-order valence-electron chi connectivity index (χ0n) is 15.8. The van der Waals surface area contributed by atoms with Crippen LogP contribution in [0.1, 0.15) is 40.0 Å². The topological polar surface area (TPSA) is 71.3 Å². The maximum atomic E-state index is 13.4. The van der Waals surface area contributed by atoms with Gasteiger partial charge in [-0.2, -0.15) is 0 Å². The van der Waals surface area contributed by atoms with Crippen molar-refractivity contribution >= 4 is 11.6 Å². The molecule has 0 aliphatic heterocycles. The van der Waals surface area contributed by atoms with Crippen LogP contribution in [0.25, 0.3) is 0 Å². The van der Waals surface area contributed by atoms with Gasteiger partial charge >= 0.3 is 0 Å². The lowest BCUT2D eigenvalue weighted by molar-refractivity contribution is 0.102. The Morgan fingerprint density at radius 1 is 1.07 bits per heavy atom. The lowest BCUT2D eigenvalue weighted by atomic mass is 9.92. The van der Waals surface area contributed by atoms with E-state index in [9.17, 15) is 19.1 Å². The number of carbonyl (C=O) groups is 1. The van der Waals surface area contributed by atoms with Gasteiger partial charge in [0.25, 0.3) is 11.5 Å². The number of anilines is 1. The summed E-state index contributed by atoms with van der Waals surface area (Å²) in [5.74, 6) is -1.50. The third-order valence-electron chi connectivity index (χ3n) is 5.24. The lowest BCUT2D eigenvalue weighted by Gasteiger charge is -2.24. The van der Waals surface area contributed by atoms with Gasteiger partial charge in [-0.05, 0) is 49.4 Å². The fraction of sp³-hybridized carbons (Fsp3) is 0.217. The molecular weight excluding hydrogens is 371 g/mol. The fourth-order valence-corrected chi connectivity index (χ4v) is 3.85. The van der Waals surface area contributed by atoms with Crippen LogP contribution in [-0.2, 0) is 19.4 Å². The molecule has 0 unspecified atom stereocenters. The van der Waals surface area contributed by atoms with Crippen molar-refractivity contribution in [2.45, 2.75) is 32.2 Å². The van der Waals surface area contributed by atoms with Crippen LogP contribution in [0.2, 0.25) is 0 Å². The van der Waals surface area contributed by atoms with Crippen LogP contribution in [0.4, 0.5) is 10.1 Å². The average molecular weight is 392 g/mol. The molecule has 6 heteroatoms. The number of pyridine rings is 1. The lowest BCUT2D eigenvalue weighted by Crippen LogP contribution is -2.34. The van der Waals surface area contributed by atoms with Gasteiger partial charge in [-0.3, -0.25) is 9.59 Å². The summed E-state index contributed by atoms with van der Waals surface area (Å²) >= 11 is 0. The van der Waals surface area contributed by atoms with E-state index in [-0.39, 0.29) is 17.0 Å². The van der Waals surface area contributed by atoms with Gasteiger partial charge in [-0.25, -0.2) is 4.39 Å². The van der Waals surface area contributed by atoms with Gasteiger partial charge in [0, 0.05) is 16.9 Å². The van der Waals surface area contributed by atoms with Gasteiger partial charge < -0.3 is 15.0 Å². The van der Waals surface area contributed by atoms with Crippen molar-refractivity contribution in [2.75, 3.05) is 5.32 Å². The first-order chi connectivity index (χ1) is 14.0. The third-order valence-corrected chi connectivity index (χ3v) is 5.24. The second-order valence-electron chi connectivity index (χ2n) is 7.20. The molecule has 4 rings (SSSR count). The summed E-state index contributed by atoms with van der Waals surface area (Å²) in [6.45, 7) is 0.322. The molecule has 2 aromatic carbocycles. The predicted molar refractivity (Wildman–Crippen MR) is 109 cm³/mol. The maximum absolute atomic E-state index is 13.4. The molecule has 5 nitrogen and oxygen atoms in total. The first-order valence-electron chi connectivity index (χ1n) is 9.63. The molecule has 0 bridgehead atoms. The second-order valence-corrected chi connectivity index (χ2v) is 7.20. The van der Waals surface area contributed by atoms with Crippen molar-refractivity contribution in [1.29, 1.82) is 0 Å². The van der Waals surface area contributed by atoms with E-state index in [0.717, 1.165) is 30.2 Å². The molecule has 148 valence electrons. The number of aromatic nitrogens is 1. The standard InChI is InChI=1S/C23H21FN2O3/c24-16-9-6-10-17(13-16)25-22(28)20-21(27)18-11-4-5-12-19(18)26(23(20)29)14-15-7-2-1-3-8-15/h1-3,6-10,13,27H,4-5,11-12,14H2,(H,25,28). The number of carbonyl (C=O) groups excluding carboxylic acids is 1. The Balaban J connectivity index is 1.80. The summed E-state index contributed by atoms with van der Waals surface area (Å²) in [5, 5.41) is 13.3. The van der Waals surface area contributed by atoms with Crippen molar-refractivity contribution in [3.05, 3.63) is 93.2 Å². The summed E-state index contributed by atoms with van der Waals surface area (Å²) in [5.41, 5.74) is 1.75. The van der Waals surface area contributed by atoms with Crippen LogP contribution in [0.3, 0.4) is 0 Å². The molecule has 0 spiro atoms. The zero-order valence-corrected chi connectivity index (χ0v) is 15.8. The van der Waals surface area contributed by atoms with Gasteiger partial charge in [0.1, 0.15) is 17.1 Å². The molecule has 3 aromatic rings. The van der Waals surface area contributed by atoms with Gasteiger partial charge in [-0.15, -0.1) is 0 Å². The first-order valence-corrected chi connectivity index (χ1v) is 9.63. The number of benzene rings is 2. The Bertz CT molecular complexity index is 1120. The van der Waals surface area contributed by atoms with Gasteiger partial charge in [-0.1, -0.05) is 36.4 Å². The molecule has 0 saturated carbocycles. The number of amides is 1. The highest BCUT2D eigenvalue weighted by atomic mass is 19.1. The maximum Gasteiger partial charge on any atom is 0.267 e. The largest absolute Gasteiger partial charge is 0.507 e. The van der Waals surface area contributed by atoms with Crippen molar-refractivity contribution in [3.8, 4) is 5.75 Å². The molecule has 0 fully saturated rings. The summed E-state index contributed by atoms with van der Waals surface area (Å²) in [6.07, 6.45) is 3.10. The molecule has 0 radical (unpaired) electrons. The summed E-state index contributed by atoms with van der Waals surface area (Å²) in [4.78, 5) is 26.1. The van der Waals surface area contributed by atoms with Crippen molar-refractivity contribution in [3.63, 3.8) is 0 Å². The highest BCUT2D eigenvalue weighted by Gasteiger charge is 2.27. The van der Waals surface area contributed by atoms with E-state index in [1.165, 1.54) is 18.2 Å². The molecule has 1 heterocycles. The van der Waals surface area contributed by atoms with Crippen LogP contribution in [-0.4, -0.2) is 15.6 Å². The van der Waals surface area contributed by atoms with Gasteiger partial charge in [0.15, 0.2) is 0 Å². The Kier molecular flexibility index (Phi) is 5.16. The van der Waals surface area contributed by atoms with Crippen LogP contribution < -0.4 is 10.9 Å². The van der Waals surface area contributed by atoms with Crippen molar-refractivity contribution in [2.24, 2.45) is 0 Å². The van der Waals surface area contributed by atoms with E-state index in [1.54, 1.807) is 4.57 Å². The number of rotatable bonds is 4. The minimum atomic E-state index is -0.742. The number of halogens is 1. The number of nitrogens with zero attached hydrogens (tertiary/aromatic N) is 1. The molecule has 0 saturated heterocycles. The summed E-state index contributed by atoms with van der Waals surface area (Å²) < 4.78 is 15.0. The molecule has 1 aliphatic rings. The van der Waals surface area contributed by atoms with Crippen molar-refractivity contribution in [1.82, 2.24) is 4.57 Å². The Hall–Kier alpha value is -3.41. The van der Waals surface area contributed by atoms with Crippen LogP contribution in [0, 0.1) is 5.82 Å². The summed E-state index contributed by atoms with van der Waals surface area (Å²) in [7, 11) is 0. The zero-order chi connectivity index (χ0) is 20.4. The number of nitrogens with one attached hydrogen (secondary N) is 1. The van der Waals surface area contributed by atoms with E-state index < -0.39 is 17.3 Å². The quantitative estimate of drug-likeness (QED) is 0.708. The van der Waals surface area contributed by atoms with E-state index in [0.29, 0.717) is 24.9 Å².